The van der Waals surface area contributed by atoms with Gasteiger partial charge in [0.05, 0.1) is 11.0 Å². The molecule has 5 nitrogen and oxygen atoms in total. The van der Waals surface area contributed by atoms with Crippen molar-refractivity contribution < 1.29 is 8.42 Å². The third-order valence-corrected chi connectivity index (χ3v) is 6.62. The van der Waals surface area contributed by atoms with E-state index in [0.29, 0.717) is 12.2 Å². The summed E-state index contributed by atoms with van der Waals surface area (Å²) in [5.74, 6) is 1.32. The van der Waals surface area contributed by atoms with E-state index in [0.717, 1.165) is 44.6 Å². The predicted octanol–water partition coefficient (Wildman–Crippen LogP) is 1.78. The Morgan fingerprint density at radius 1 is 1.43 bits per heavy atom. The standard InChI is InChI=1S/C15H27N3O2S/c1-3-8-16-13(12-15-17-9-10-18(15)4-2)14-7-5-6-11-21(14,19)20/h9-10,13-14,16H,3-8,11-12H2,1-2H3. The lowest BCUT2D eigenvalue weighted by molar-refractivity contribution is 0.424. The number of aromatic nitrogens is 2. The number of nitrogens with one attached hydrogen (secondary N) is 1. The van der Waals surface area contributed by atoms with Gasteiger partial charge in [-0.15, -0.1) is 0 Å². The average Bonchev–Trinajstić information content (AvgIpc) is 2.90. The number of rotatable bonds is 7. The smallest absolute Gasteiger partial charge is 0.154 e. The van der Waals surface area contributed by atoms with Crippen molar-refractivity contribution >= 4 is 9.84 Å². The molecule has 2 heterocycles. The Morgan fingerprint density at radius 3 is 2.90 bits per heavy atom. The van der Waals surface area contributed by atoms with Gasteiger partial charge in [0.1, 0.15) is 5.82 Å². The van der Waals surface area contributed by atoms with Crippen LogP contribution >= 0.6 is 0 Å². The van der Waals surface area contributed by atoms with Crippen LogP contribution < -0.4 is 5.32 Å². The van der Waals surface area contributed by atoms with Crippen LogP contribution in [0.2, 0.25) is 0 Å². The summed E-state index contributed by atoms with van der Waals surface area (Å²) in [4.78, 5) is 4.41. The van der Waals surface area contributed by atoms with Crippen molar-refractivity contribution in [1.29, 1.82) is 0 Å². The summed E-state index contributed by atoms with van der Waals surface area (Å²) in [5, 5.41) is 3.19. The maximum atomic E-state index is 12.4. The minimum atomic E-state index is -2.98. The van der Waals surface area contributed by atoms with Crippen LogP contribution in [0.15, 0.2) is 12.4 Å². The zero-order valence-corrected chi connectivity index (χ0v) is 13.9. The molecule has 1 aliphatic rings. The molecule has 2 unspecified atom stereocenters. The summed E-state index contributed by atoms with van der Waals surface area (Å²) in [6.45, 7) is 5.90. The molecule has 0 bridgehead atoms. The quantitative estimate of drug-likeness (QED) is 0.833. The van der Waals surface area contributed by atoms with Crippen LogP contribution in [0.25, 0.3) is 0 Å². The van der Waals surface area contributed by atoms with Crippen LogP contribution in [0.4, 0.5) is 0 Å². The van der Waals surface area contributed by atoms with Crippen molar-refractivity contribution in [2.24, 2.45) is 0 Å². The summed E-state index contributed by atoms with van der Waals surface area (Å²) in [6, 6.07) is -0.0250. The Morgan fingerprint density at radius 2 is 2.24 bits per heavy atom. The normalized spacial score (nSPS) is 23.0. The lowest BCUT2D eigenvalue weighted by Crippen LogP contribution is -2.48. The SMILES string of the molecule is CCCNC(Cc1nccn1CC)C1CCCCS1(=O)=O. The third-order valence-electron chi connectivity index (χ3n) is 4.28. The first-order valence-corrected chi connectivity index (χ1v) is 9.75. The van der Waals surface area contributed by atoms with Crippen LogP contribution in [0, 0.1) is 0 Å². The average molecular weight is 313 g/mol. The lowest BCUT2D eigenvalue weighted by atomic mass is 10.0. The molecule has 21 heavy (non-hydrogen) atoms. The number of aryl methyl sites for hydroxylation is 1. The minimum Gasteiger partial charge on any atom is -0.335 e. The van der Waals surface area contributed by atoms with Gasteiger partial charge in [-0.1, -0.05) is 13.3 Å². The fraction of sp³-hybridized carbons (Fsp3) is 0.800. The van der Waals surface area contributed by atoms with Gasteiger partial charge in [-0.05, 0) is 32.7 Å². The van der Waals surface area contributed by atoms with Crippen LogP contribution in [0.3, 0.4) is 0 Å². The maximum absolute atomic E-state index is 12.4. The number of hydrogen-bond acceptors (Lipinski definition) is 4. The molecular formula is C15H27N3O2S. The molecular weight excluding hydrogens is 286 g/mol. The second-order valence-electron chi connectivity index (χ2n) is 5.80. The molecule has 2 rings (SSSR count). The molecule has 2 atom stereocenters. The Balaban J connectivity index is 2.17. The number of nitrogens with zero attached hydrogens (tertiary/aromatic N) is 2. The third kappa shape index (κ3) is 4.07. The van der Waals surface area contributed by atoms with Gasteiger partial charge < -0.3 is 9.88 Å². The van der Waals surface area contributed by atoms with Gasteiger partial charge in [0.15, 0.2) is 9.84 Å². The van der Waals surface area contributed by atoms with Crippen molar-refractivity contribution in [3.05, 3.63) is 18.2 Å². The van der Waals surface area contributed by atoms with Crippen molar-refractivity contribution in [3.63, 3.8) is 0 Å². The van der Waals surface area contributed by atoms with E-state index in [2.05, 4.69) is 28.7 Å². The highest BCUT2D eigenvalue weighted by molar-refractivity contribution is 7.92. The molecule has 1 aromatic rings. The van der Waals surface area contributed by atoms with Crippen LogP contribution in [0.1, 0.15) is 45.4 Å². The Labute approximate surface area is 128 Å². The Bertz CT molecular complexity index is 539. The van der Waals surface area contributed by atoms with Crippen LogP contribution in [0.5, 0.6) is 0 Å². The van der Waals surface area contributed by atoms with Gasteiger partial charge in [0, 0.05) is 31.4 Å². The second kappa shape index (κ2) is 7.40. The Hall–Kier alpha value is -0.880. The lowest BCUT2D eigenvalue weighted by Gasteiger charge is -2.30. The summed E-state index contributed by atoms with van der Waals surface area (Å²) < 4.78 is 26.9. The summed E-state index contributed by atoms with van der Waals surface area (Å²) >= 11 is 0. The van der Waals surface area contributed by atoms with E-state index in [4.69, 9.17) is 0 Å². The molecule has 0 spiro atoms. The number of hydrogen-bond donors (Lipinski definition) is 1. The van der Waals surface area contributed by atoms with Crippen LogP contribution in [-0.4, -0.2) is 41.6 Å². The first-order valence-electron chi connectivity index (χ1n) is 8.03. The predicted molar refractivity (Wildman–Crippen MR) is 85.1 cm³/mol. The monoisotopic (exact) mass is 313 g/mol. The highest BCUT2D eigenvalue weighted by Crippen LogP contribution is 2.24. The number of sulfone groups is 1. The van der Waals surface area contributed by atoms with Gasteiger partial charge >= 0.3 is 0 Å². The minimum absolute atomic E-state index is 0.0250. The van der Waals surface area contributed by atoms with Crippen molar-refractivity contribution in [1.82, 2.24) is 14.9 Å². The maximum Gasteiger partial charge on any atom is 0.154 e. The molecule has 120 valence electrons. The number of imidazole rings is 1. The van der Waals surface area contributed by atoms with E-state index in [1.807, 2.05) is 6.20 Å². The molecule has 1 fully saturated rings. The van der Waals surface area contributed by atoms with E-state index in [9.17, 15) is 8.42 Å². The Kier molecular flexibility index (Phi) is 5.81. The molecule has 0 saturated carbocycles. The first-order chi connectivity index (χ1) is 10.1. The highest BCUT2D eigenvalue weighted by atomic mass is 32.2. The van der Waals surface area contributed by atoms with Gasteiger partial charge in [0.2, 0.25) is 0 Å². The summed E-state index contributed by atoms with van der Waals surface area (Å²) in [6.07, 6.45) is 8.04. The molecule has 1 saturated heterocycles. The fourth-order valence-corrected chi connectivity index (χ4v) is 5.24. The highest BCUT2D eigenvalue weighted by Gasteiger charge is 2.35. The van der Waals surface area contributed by atoms with Crippen molar-refractivity contribution in [2.75, 3.05) is 12.3 Å². The topological polar surface area (TPSA) is 64.0 Å². The molecule has 1 aliphatic heterocycles. The summed E-state index contributed by atoms with van der Waals surface area (Å²) in [5.41, 5.74) is 0. The van der Waals surface area contributed by atoms with Crippen molar-refractivity contribution in [2.45, 2.75) is 63.8 Å². The van der Waals surface area contributed by atoms with E-state index in [1.165, 1.54) is 0 Å². The van der Waals surface area contributed by atoms with Crippen LogP contribution in [-0.2, 0) is 22.8 Å². The van der Waals surface area contributed by atoms with Gasteiger partial charge in [-0.2, -0.15) is 0 Å². The van der Waals surface area contributed by atoms with E-state index >= 15 is 0 Å². The molecule has 0 aliphatic carbocycles. The zero-order chi connectivity index (χ0) is 15.3. The fourth-order valence-electron chi connectivity index (χ4n) is 3.11. The molecule has 0 aromatic carbocycles. The zero-order valence-electron chi connectivity index (χ0n) is 13.1. The second-order valence-corrected chi connectivity index (χ2v) is 8.13. The summed E-state index contributed by atoms with van der Waals surface area (Å²) in [7, 11) is -2.98. The van der Waals surface area contributed by atoms with E-state index in [1.54, 1.807) is 6.20 Å². The largest absolute Gasteiger partial charge is 0.335 e. The molecule has 1 aromatic heterocycles. The molecule has 6 heteroatoms. The van der Waals surface area contributed by atoms with E-state index in [-0.39, 0.29) is 11.3 Å². The molecule has 1 N–H and O–H groups in total. The van der Waals surface area contributed by atoms with Gasteiger partial charge in [-0.3, -0.25) is 0 Å². The van der Waals surface area contributed by atoms with Crippen molar-refractivity contribution in [3.8, 4) is 0 Å². The van der Waals surface area contributed by atoms with E-state index < -0.39 is 9.84 Å². The molecule has 0 radical (unpaired) electrons. The van der Waals surface area contributed by atoms with Gasteiger partial charge in [-0.25, -0.2) is 13.4 Å². The van der Waals surface area contributed by atoms with Gasteiger partial charge in [0.25, 0.3) is 0 Å². The molecule has 0 amide bonds. The first kappa shape index (κ1) is 16.5.